The predicted octanol–water partition coefficient (Wildman–Crippen LogP) is 3.28. The van der Waals surface area contributed by atoms with Crippen molar-refractivity contribution in [2.75, 3.05) is 6.61 Å². The van der Waals surface area contributed by atoms with Crippen LogP contribution in [0.15, 0.2) is 41.7 Å². The minimum atomic E-state index is -2.68. The monoisotopic (exact) mass is 580 g/mol. The molecule has 0 unspecified atom stereocenters. The normalized spacial score (nSPS) is 24.0. The number of aliphatic hydroxyl groups is 1. The lowest BCUT2D eigenvalue weighted by atomic mass is 9.94. The summed E-state index contributed by atoms with van der Waals surface area (Å²) < 4.78 is 27.8. The lowest BCUT2D eigenvalue weighted by Gasteiger charge is -2.27. The Kier molecular flexibility index (Phi) is 8.06. The van der Waals surface area contributed by atoms with E-state index in [0.717, 1.165) is 25.7 Å². The Morgan fingerprint density at radius 2 is 1.87 bits per heavy atom. The number of carbonyl (C=O) groups is 2. The summed E-state index contributed by atoms with van der Waals surface area (Å²) in [7, 11) is 0. The molecule has 3 N–H and O–H groups in total. The Balaban J connectivity index is 1.37. The average Bonchev–Trinajstić information content (AvgIpc) is 3.63. The molecule has 39 heavy (non-hydrogen) atoms. The third kappa shape index (κ3) is 5.46. The van der Waals surface area contributed by atoms with Gasteiger partial charge in [-0.15, -0.1) is 11.8 Å². The smallest absolute Gasteiger partial charge is 0.348 e. The van der Waals surface area contributed by atoms with Crippen LogP contribution < -0.4 is 0 Å². The van der Waals surface area contributed by atoms with Crippen molar-refractivity contribution in [1.82, 2.24) is 19.5 Å². The quantitative estimate of drug-likeness (QED) is 0.184. The maximum atomic E-state index is 15.3. The number of hydrogen-bond donors (Lipinski definition) is 3. The molecule has 0 spiro atoms. The topological polar surface area (TPSA) is 157 Å². The number of rotatable bonds is 10. The second kappa shape index (κ2) is 11.3. The molecule has 1 aliphatic heterocycles. The Morgan fingerprint density at radius 1 is 1.18 bits per heavy atom. The first-order chi connectivity index (χ1) is 18.7. The number of carboxylic acid groups (broad SMARTS) is 2. The summed E-state index contributed by atoms with van der Waals surface area (Å²) in [6.07, 6.45) is -1.33. The van der Waals surface area contributed by atoms with Gasteiger partial charge in [0.25, 0.3) is 5.60 Å². The highest BCUT2D eigenvalue weighted by Crippen LogP contribution is 2.39. The van der Waals surface area contributed by atoms with Crippen LogP contribution in [-0.2, 0) is 25.5 Å². The van der Waals surface area contributed by atoms with Gasteiger partial charge in [0, 0.05) is 11.7 Å². The van der Waals surface area contributed by atoms with E-state index in [1.165, 1.54) is 10.9 Å². The van der Waals surface area contributed by atoms with E-state index in [0.29, 0.717) is 21.4 Å². The number of aromatic nitrogens is 4. The van der Waals surface area contributed by atoms with Crippen molar-refractivity contribution in [2.45, 2.75) is 72.6 Å². The van der Waals surface area contributed by atoms with Crippen LogP contribution >= 0.6 is 23.4 Å². The van der Waals surface area contributed by atoms with Crippen molar-refractivity contribution in [3.8, 4) is 0 Å². The second-order valence-electron chi connectivity index (χ2n) is 9.56. The van der Waals surface area contributed by atoms with Crippen LogP contribution in [0.25, 0.3) is 11.2 Å². The summed E-state index contributed by atoms with van der Waals surface area (Å²) in [6, 6.07) is 8.10. The molecular formula is C25H26ClFN4O7S. The van der Waals surface area contributed by atoms with Gasteiger partial charge in [-0.1, -0.05) is 43.2 Å². The number of aliphatic carboxylic acids is 2. The molecule has 14 heteroatoms. The Hall–Kier alpha value is -2.84. The number of fused-ring (bicyclic) bond motifs is 1. The fraction of sp³-hybridized carbons (Fsp3) is 0.480. The minimum Gasteiger partial charge on any atom is -0.479 e. The number of alkyl halides is 1. The van der Waals surface area contributed by atoms with E-state index in [1.54, 1.807) is 42.1 Å². The first-order valence-electron chi connectivity index (χ1n) is 12.4. The zero-order valence-electron chi connectivity index (χ0n) is 20.5. The molecule has 208 valence electrons. The van der Waals surface area contributed by atoms with Crippen LogP contribution in [-0.4, -0.2) is 82.6 Å². The number of carboxylic acids is 2. The maximum Gasteiger partial charge on any atom is 0.348 e. The molecular weight excluding hydrogens is 555 g/mol. The fourth-order valence-corrected chi connectivity index (χ4v) is 6.38. The molecule has 2 aromatic heterocycles. The molecule has 1 aliphatic carbocycles. The largest absolute Gasteiger partial charge is 0.479 e. The van der Waals surface area contributed by atoms with E-state index in [-0.39, 0.29) is 10.9 Å². The number of nitrogens with zero attached hydrogens (tertiary/aromatic N) is 4. The molecule has 4 atom stereocenters. The van der Waals surface area contributed by atoms with E-state index < -0.39 is 55.2 Å². The molecule has 3 heterocycles. The van der Waals surface area contributed by atoms with Crippen LogP contribution in [0.3, 0.4) is 0 Å². The summed E-state index contributed by atoms with van der Waals surface area (Å²) in [4.78, 5) is 37.0. The average molecular weight is 581 g/mol. The van der Waals surface area contributed by atoms with E-state index in [1.807, 2.05) is 0 Å². The van der Waals surface area contributed by atoms with Crippen molar-refractivity contribution >= 4 is 46.5 Å². The fourth-order valence-electron chi connectivity index (χ4n) is 4.89. The SMILES string of the molecule is O=C(O)C(Cc1ccccc1)(OC[C@H]1O[C@@H](n2cnc3c(SC4CCCC4)nc(Cl)nc32)[C@@H](F)[C@@H]1O)C(=O)O. The van der Waals surface area contributed by atoms with Gasteiger partial charge in [0.15, 0.2) is 18.0 Å². The van der Waals surface area contributed by atoms with E-state index >= 15 is 4.39 Å². The number of halogens is 2. The highest BCUT2D eigenvalue weighted by Gasteiger charge is 2.52. The lowest BCUT2D eigenvalue weighted by molar-refractivity contribution is -0.190. The van der Waals surface area contributed by atoms with E-state index in [2.05, 4.69) is 15.0 Å². The van der Waals surface area contributed by atoms with Crippen molar-refractivity contribution in [2.24, 2.45) is 0 Å². The third-order valence-electron chi connectivity index (χ3n) is 6.99. The van der Waals surface area contributed by atoms with Gasteiger partial charge in [0.05, 0.1) is 12.9 Å². The minimum absolute atomic E-state index is 0.0489. The highest BCUT2D eigenvalue weighted by atomic mass is 35.5. The van der Waals surface area contributed by atoms with E-state index in [4.69, 9.17) is 21.1 Å². The van der Waals surface area contributed by atoms with Gasteiger partial charge in [-0.3, -0.25) is 4.57 Å². The number of ether oxygens (including phenoxy) is 2. The molecule has 1 saturated heterocycles. The first kappa shape index (κ1) is 27.7. The van der Waals surface area contributed by atoms with Crippen molar-refractivity contribution in [3.63, 3.8) is 0 Å². The summed E-state index contributed by atoms with van der Waals surface area (Å²) in [6.45, 7) is -0.700. The first-order valence-corrected chi connectivity index (χ1v) is 13.6. The number of benzene rings is 1. The molecule has 11 nitrogen and oxygen atoms in total. The lowest BCUT2D eigenvalue weighted by Crippen LogP contribution is -2.52. The van der Waals surface area contributed by atoms with Gasteiger partial charge >= 0.3 is 11.9 Å². The van der Waals surface area contributed by atoms with Gasteiger partial charge in [-0.2, -0.15) is 4.98 Å². The van der Waals surface area contributed by atoms with Gasteiger partial charge < -0.3 is 24.8 Å². The number of aliphatic hydroxyl groups excluding tert-OH is 1. The third-order valence-corrected chi connectivity index (χ3v) is 8.47. The van der Waals surface area contributed by atoms with Gasteiger partial charge in [-0.05, 0) is 30.0 Å². The van der Waals surface area contributed by atoms with Crippen LogP contribution in [0.1, 0.15) is 37.5 Å². The van der Waals surface area contributed by atoms with Gasteiger partial charge in [-0.25, -0.2) is 23.9 Å². The van der Waals surface area contributed by atoms with Crippen molar-refractivity contribution in [1.29, 1.82) is 0 Å². The van der Waals surface area contributed by atoms with Crippen LogP contribution in [0, 0.1) is 0 Å². The Labute approximate surface area is 231 Å². The van der Waals surface area contributed by atoms with Crippen molar-refractivity contribution in [3.05, 3.63) is 47.5 Å². The number of imidazole rings is 1. The molecule has 5 rings (SSSR count). The van der Waals surface area contributed by atoms with Crippen molar-refractivity contribution < 1.29 is 38.8 Å². The molecule has 0 radical (unpaired) electrons. The summed E-state index contributed by atoms with van der Waals surface area (Å²) >= 11 is 7.72. The summed E-state index contributed by atoms with van der Waals surface area (Å²) in [5.41, 5.74) is -1.64. The molecule has 1 saturated carbocycles. The van der Waals surface area contributed by atoms with E-state index in [9.17, 15) is 24.9 Å². The molecule has 0 bridgehead atoms. The molecule has 3 aromatic rings. The van der Waals surface area contributed by atoms with Crippen LogP contribution in [0.4, 0.5) is 4.39 Å². The van der Waals surface area contributed by atoms with Crippen LogP contribution in [0.5, 0.6) is 0 Å². The summed E-state index contributed by atoms with van der Waals surface area (Å²) in [5.74, 6) is -3.47. The Bertz CT molecular complexity index is 1340. The second-order valence-corrected chi connectivity index (χ2v) is 11.2. The Morgan fingerprint density at radius 3 is 2.54 bits per heavy atom. The predicted molar refractivity (Wildman–Crippen MR) is 137 cm³/mol. The molecule has 2 fully saturated rings. The standard InChI is InChI=1S/C25H26ClFN4O7S/c26-24-29-19-17(20(30-24)39-14-8-4-5-9-14)28-12-31(19)21-16(27)18(32)15(38-21)11-37-25(22(33)34,23(35)36)10-13-6-2-1-3-7-13/h1-3,6-7,12,14-16,18,21,32H,4-5,8-11H2,(H,33,34)(H,35,36)/t15-,16+,18-,21-/m1/s1. The van der Waals surface area contributed by atoms with Gasteiger partial charge in [0.1, 0.15) is 22.8 Å². The highest BCUT2D eigenvalue weighted by molar-refractivity contribution is 8.00. The number of hydrogen-bond acceptors (Lipinski definition) is 9. The zero-order chi connectivity index (χ0) is 27.7. The maximum absolute atomic E-state index is 15.3. The van der Waals surface area contributed by atoms with Gasteiger partial charge in [0.2, 0.25) is 5.28 Å². The zero-order valence-corrected chi connectivity index (χ0v) is 22.1. The molecule has 0 amide bonds. The molecule has 2 aliphatic rings. The summed E-state index contributed by atoms with van der Waals surface area (Å²) in [5, 5.41) is 31.1. The molecule has 1 aromatic carbocycles. The number of thioether (sulfide) groups is 1. The van der Waals surface area contributed by atoms with Crippen LogP contribution in [0.2, 0.25) is 5.28 Å².